The lowest BCUT2D eigenvalue weighted by molar-refractivity contribution is -0.114. The number of allylic oxidation sites excluding steroid dienone is 4. The Morgan fingerprint density at radius 2 is 1.00 bits per heavy atom. The number of carbonyl (C=O) groups excluding carboxylic acids is 4. The Hall–Kier alpha value is -3.02. The van der Waals surface area contributed by atoms with E-state index >= 15 is 0 Å². The minimum Gasteiger partial charge on any atom is -0.325 e. The number of Topliss-reactive ketones (excluding diaryl/α,β-unsaturated/α-hetero) is 2. The molecule has 1 aromatic carbocycles. The van der Waals surface area contributed by atoms with Crippen LogP contribution in [-0.4, -0.2) is 23.4 Å². The molecule has 34 heavy (non-hydrogen) atoms. The zero-order valence-electron chi connectivity index (χ0n) is 20.7. The molecule has 0 aromatic heterocycles. The number of benzene rings is 1. The van der Waals surface area contributed by atoms with E-state index in [9.17, 15) is 19.2 Å². The molecule has 178 valence electrons. The zero-order chi connectivity index (χ0) is 24.7. The number of hydrogen-bond donors (Lipinski definition) is 2. The van der Waals surface area contributed by atoms with Crippen molar-refractivity contribution in [2.24, 2.45) is 34.5 Å². The van der Waals surface area contributed by atoms with Crippen molar-refractivity contribution in [1.29, 1.82) is 0 Å². The van der Waals surface area contributed by atoms with Crippen LogP contribution in [-0.2, 0) is 9.59 Å². The van der Waals surface area contributed by atoms with E-state index in [1.165, 1.54) is 0 Å². The Kier molecular flexibility index (Phi) is 4.84. The molecule has 0 bridgehead atoms. The minimum atomic E-state index is -0.278. The lowest BCUT2D eigenvalue weighted by Gasteiger charge is -2.16. The highest BCUT2D eigenvalue weighted by Crippen LogP contribution is 2.69. The maximum Gasteiger partial charge on any atom is 0.255 e. The normalized spacial score (nSPS) is 29.4. The lowest BCUT2D eigenvalue weighted by Crippen LogP contribution is -2.27. The highest BCUT2D eigenvalue weighted by atomic mass is 16.2. The van der Waals surface area contributed by atoms with Gasteiger partial charge in [-0.25, -0.2) is 0 Å². The molecule has 5 rings (SSSR count). The van der Waals surface area contributed by atoms with Gasteiger partial charge in [-0.3, -0.25) is 19.2 Å². The van der Waals surface area contributed by atoms with E-state index in [0.717, 1.165) is 22.5 Å². The summed E-state index contributed by atoms with van der Waals surface area (Å²) in [5.41, 5.74) is 4.09. The summed E-state index contributed by atoms with van der Waals surface area (Å²) in [5.74, 6) is 0.767. The Balaban J connectivity index is 1.27. The van der Waals surface area contributed by atoms with Gasteiger partial charge in [0.1, 0.15) is 0 Å². The predicted octanol–water partition coefficient (Wildman–Crippen LogP) is 4.18. The van der Waals surface area contributed by atoms with Gasteiger partial charge in [0.05, 0.1) is 0 Å². The van der Waals surface area contributed by atoms with Crippen LogP contribution < -0.4 is 10.6 Å². The highest BCUT2D eigenvalue weighted by Gasteiger charge is 2.64. The van der Waals surface area contributed by atoms with Crippen LogP contribution in [0.2, 0.25) is 0 Å². The van der Waals surface area contributed by atoms with Crippen LogP contribution in [0.5, 0.6) is 0 Å². The first kappa shape index (κ1) is 22.8. The molecule has 2 amide bonds. The van der Waals surface area contributed by atoms with E-state index in [-0.39, 0.29) is 46.0 Å². The van der Waals surface area contributed by atoms with Crippen molar-refractivity contribution in [2.45, 2.75) is 54.4 Å². The van der Waals surface area contributed by atoms with Crippen molar-refractivity contribution < 1.29 is 19.2 Å². The number of ketones is 2. The average molecular weight is 461 g/mol. The van der Waals surface area contributed by atoms with E-state index in [1.807, 2.05) is 0 Å². The van der Waals surface area contributed by atoms with Gasteiger partial charge in [0.15, 0.2) is 11.6 Å². The van der Waals surface area contributed by atoms with Crippen LogP contribution in [0.4, 0.5) is 0 Å². The van der Waals surface area contributed by atoms with E-state index in [1.54, 1.807) is 38.1 Å². The molecular formula is C28H32N2O4. The number of amides is 2. The quantitative estimate of drug-likeness (QED) is 0.666. The number of hydrogen-bond acceptors (Lipinski definition) is 4. The molecule has 6 heteroatoms. The maximum absolute atomic E-state index is 12.8. The van der Waals surface area contributed by atoms with Crippen molar-refractivity contribution in [3.05, 3.63) is 57.9 Å². The largest absolute Gasteiger partial charge is 0.325 e. The Bertz CT molecular complexity index is 1120. The van der Waals surface area contributed by atoms with Crippen LogP contribution in [0.1, 0.15) is 75.1 Å². The summed E-state index contributed by atoms with van der Waals surface area (Å²) in [6, 6.07) is 6.47. The molecule has 0 heterocycles. The zero-order valence-corrected chi connectivity index (χ0v) is 20.7. The summed E-state index contributed by atoms with van der Waals surface area (Å²) < 4.78 is 0. The van der Waals surface area contributed by atoms with Crippen LogP contribution in [0.15, 0.2) is 46.8 Å². The lowest BCUT2D eigenvalue weighted by atomic mass is 9.96. The fourth-order valence-corrected chi connectivity index (χ4v) is 6.72. The molecule has 2 saturated carbocycles. The standard InChI is InChI=1S/C28H32N2O4/c1-13(31)21-19(11-17-23(21)27(17,3)4)29-25(33)15-7-9-16(10-8-15)26(34)30-20-12-18-24(28(18,5)6)22(20)14(2)32/h7-10,17-18,23-24H,11-12H2,1-6H3,(H,29,33)(H,30,34)/t17-,18-,23-,24+/m1/s1. The van der Waals surface area contributed by atoms with Gasteiger partial charge in [0.25, 0.3) is 11.8 Å². The number of fused-ring (bicyclic) bond motifs is 2. The van der Waals surface area contributed by atoms with Crippen LogP contribution in [0.25, 0.3) is 0 Å². The van der Waals surface area contributed by atoms with Gasteiger partial charge in [-0.2, -0.15) is 0 Å². The summed E-state index contributed by atoms with van der Waals surface area (Å²) in [6.45, 7) is 11.8. The molecular weight excluding hydrogens is 428 g/mol. The summed E-state index contributed by atoms with van der Waals surface area (Å²) in [6.07, 6.45) is 1.43. The first-order valence-electron chi connectivity index (χ1n) is 12.1. The predicted molar refractivity (Wildman–Crippen MR) is 128 cm³/mol. The van der Waals surface area contributed by atoms with Crippen molar-refractivity contribution in [3.8, 4) is 0 Å². The molecule has 0 unspecified atom stereocenters. The van der Waals surface area contributed by atoms with E-state index in [4.69, 9.17) is 0 Å². The monoisotopic (exact) mass is 460 g/mol. The van der Waals surface area contributed by atoms with E-state index in [0.29, 0.717) is 35.8 Å². The van der Waals surface area contributed by atoms with Gasteiger partial charge in [-0.15, -0.1) is 0 Å². The third-order valence-corrected chi connectivity index (χ3v) is 8.92. The molecule has 0 aliphatic heterocycles. The number of rotatable bonds is 6. The molecule has 1 aromatic rings. The van der Waals surface area contributed by atoms with Gasteiger partial charge in [0.2, 0.25) is 0 Å². The second-order valence-electron chi connectivity index (χ2n) is 11.6. The van der Waals surface area contributed by atoms with E-state index < -0.39 is 0 Å². The first-order valence-corrected chi connectivity index (χ1v) is 12.1. The molecule has 2 fully saturated rings. The molecule has 0 spiro atoms. The number of carbonyl (C=O) groups is 4. The molecule has 0 saturated heterocycles. The van der Waals surface area contributed by atoms with Crippen molar-refractivity contribution in [2.75, 3.05) is 0 Å². The summed E-state index contributed by atoms with van der Waals surface area (Å²) in [7, 11) is 0. The second-order valence-corrected chi connectivity index (χ2v) is 11.6. The number of nitrogens with one attached hydrogen (secondary N) is 2. The average Bonchev–Trinajstić information content (AvgIpc) is 3.26. The van der Waals surface area contributed by atoms with Crippen LogP contribution in [0.3, 0.4) is 0 Å². The van der Waals surface area contributed by atoms with Crippen LogP contribution in [0, 0.1) is 34.5 Å². The fraction of sp³-hybridized carbons (Fsp3) is 0.500. The third kappa shape index (κ3) is 3.29. The molecule has 4 atom stereocenters. The van der Waals surface area contributed by atoms with Crippen molar-refractivity contribution >= 4 is 23.4 Å². The smallest absolute Gasteiger partial charge is 0.255 e. The van der Waals surface area contributed by atoms with Gasteiger partial charge >= 0.3 is 0 Å². The fourth-order valence-electron chi connectivity index (χ4n) is 6.72. The Morgan fingerprint density at radius 3 is 1.29 bits per heavy atom. The van der Waals surface area contributed by atoms with Crippen molar-refractivity contribution in [1.82, 2.24) is 10.6 Å². The summed E-state index contributed by atoms with van der Waals surface area (Å²) in [5, 5.41) is 5.89. The van der Waals surface area contributed by atoms with Crippen LogP contribution >= 0.6 is 0 Å². The van der Waals surface area contributed by atoms with Gasteiger partial charge in [0, 0.05) is 33.7 Å². The molecule has 2 N–H and O–H groups in total. The third-order valence-electron chi connectivity index (χ3n) is 8.92. The molecule has 6 nitrogen and oxygen atoms in total. The topological polar surface area (TPSA) is 92.3 Å². The molecule has 4 aliphatic rings. The second kappa shape index (κ2) is 7.24. The molecule has 4 aliphatic carbocycles. The van der Waals surface area contributed by atoms with E-state index in [2.05, 4.69) is 38.3 Å². The summed E-state index contributed by atoms with van der Waals surface area (Å²) in [4.78, 5) is 50.1. The SMILES string of the molecule is CC(=O)C1=C(NC(=O)c2ccc(C(=O)NC3=C(C(C)=O)[C@H]4[C@@H](C3)C4(C)C)cc2)C[C@@H]2[C@@H]1C2(C)C. The van der Waals surface area contributed by atoms with Crippen molar-refractivity contribution in [3.63, 3.8) is 0 Å². The van der Waals surface area contributed by atoms with Gasteiger partial charge < -0.3 is 10.6 Å². The van der Waals surface area contributed by atoms with Gasteiger partial charge in [-0.05, 0) is 85.5 Å². The van der Waals surface area contributed by atoms with Gasteiger partial charge in [-0.1, -0.05) is 27.7 Å². The Labute approximate surface area is 200 Å². The molecule has 0 radical (unpaired) electrons. The minimum absolute atomic E-state index is 0.0209. The highest BCUT2D eigenvalue weighted by molar-refractivity contribution is 6.02. The maximum atomic E-state index is 12.8. The Morgan fingerprint density at radius 1 is 0.676 bits per heavy atom. The summed E-state index contributed by atoms with van der Waals surface area (Å²) >= 11 is 0. The first-order chi connectivity index (χ1) is 15.9.